The number of nitrogens with zero attached hydrogens (tertiary/aromatic N) is 3. The van der Waals surface area contributed by atoms with Gasteiger partial charge in [0.1, 0.15) is 5.75 Å². The minimum atomic E-state index is -0.0991. The predicted molar refractivity (Wildman–Crippen MR) is 106 cm³/mol. The lowest BCUT2D eigenvalue weighted by molar-refractivity contribution is 0.414. The van der Waals surface area contributed by atoms with Crippen LogP contribution in [-0.2, 0) is 6.54 Å². The summed E-state index contributed by atoms with van der Waals surface area (Å²) in [5.41, 5.74) is 3.60. The Morgan fingerprint density at radius 1 is 1.04 bits per heavy atom. The maximum absolute atomic E-state index is 12.3. The largest absolute Gasteiger partial charge is 0.497 e. The normalized spacial score (nSPS) is 10.8. The highest BCUT2D eigenvalue weighted by Gasteiger charge is 2.12. The lowest BCUT2D eigenvalue weighted by Gasteiger charge is -2.07. The Morgan fingerprint density at radius 2 is 1.86 bits per heavy atom. The van der Waals surface area contributed by atoms with Gasteiger partial charge in [-0.25, -0.2) is 0 Å². The zero-order chi connectivity index (χ0) is 19.5. The smallest absolute Gasteiger partial charge is 0.259 e. The minimum Gasteiger partial charge on any atom is -0.497 e. The van der Waals surface area contributed by atoms with Crippen molar-refractivity contribution in [2.24, 2.45) is 0 Å². The Kier molecular flexibility index (Phi) is 4.76. The molecule has 0 aliphatic rings. The van der Waals surface area contributed by atoms with Crippen LogP contribution in [0.1, 0.15) is 11.1 Å². The van der Waals surface area contributed by atoms with E-state index in [0.29, 0.717) is 23.8 Å². The lowest BCUT2D eigenvalue weighted by Crippen LogP contribution is -2.19. The molecule has 0 aliphatic heterocycles. The van der Waals surface area contributed by atoms with Gasteiger partial charge in [0.25, 0.3) is 11.4 Å². The molecule has 0 radical (unpaired) electrons. The molecule has 2 aromatic heterocycles. The van der Waals surface area contributed by atoms with Gasteiger partial charge in [0, 0.05) is 17.8 Å². The zero-order valence-electron chi connectivity index (χ0n) is 15.6. The van der Waals surface area contributed by atoms with Gasteiger partial charge in [-0.1, -0.05) is 41.1 Å². The Morgan fingerprint density at radius 3 is 2.61 bits per heavy atom. The van der Waals surface area contributed by atoms with Crippen LogP contribution in [0.4, 0.5) is 0 Å². The second-order valence-corrected chi connectivity index (χ2v) is 6.52. The first-order valence-corrected chi connectivity index (χ1v) is 8.87. The molecule has 0 N–H and O–H groups in total. The Labute approximate surface area is 162 Å². The summed E-state index contributed by atoms with van der Waals surface area (Å²) in [6.45, 7) is 2.45. The van der Waals surface area contributed by atoms with E-state index in [1.165, 1.54) is 6.07 Å². The molecule has 2 aromatic carbocycles. The number of benzene rings is 2. The van der Waals surface area contributed by atoms with Crippen molar-refractivity contribution < 1.29 is 9.26 Å². The summed E-state index contributed by atoms with van der Waals surface area (Å²) in [4.78, 5) is 16.7. The number of rotatable bonds is 5. The molecule has 4 aromatic rings. The number of methoxy groups -OCH3 is 1. The second-order valence-electron chi connectivity index (χ2n) is 6.52. The first kappa shape index (κ1) is 17.7. The van der Waals surface area contributed by atoms with Gasteiger partial charge in [0.2, 0.25) is 5.82 Å². The molecule has 28 heavy (non-hydrogen) atoms. The quantitative estimate of drug-likeness (QED) is 0.530. The summed E-state index contributed by atoms with van der Waals surface area (Å²) in [6.07, 6.45) is 1.74. The monoisotopic (exact) mass is 373 g/mol. The molecule has 0 fully saturated rings. The van der Waals surface area contributed by atoms with Gasteiger partial charge in [0.15, 0.2) is 0 Å². The van der Waals surface area contributed by atoms with Gasteiger partial charge in [-0.3, -0.25) is 4.79 Å². The maximum atomic E-state index is 12.3. The molecular formula is C22H19N3O3. The second kappa shape index (κ2) is 7.52. The summed E-state index contributed by atoms with van der Waals surface area (Å²) in [6, 6.07) is 18.7. The fraction of sp³-hybridized carbons (Fsp3) is 0.136. The Balaban J connectivity index is 1.62. The van der Waals surface area contributed by atoms with Crippen LogP contribution in [0.2, 0.25) is 0 Å². The predicted octanol–water partition coefficient (Wildman–Crippen LogP) is 3.93. The van der Waals surface area contributed by atoms with Crippen LogP contribution in [0, 0.1) is 6.92 Å². The summed E-state index contributed by atoms with van der Waals surface area (Å²) in [5.74, 6) is 1.67. The summed E-state index contributed by atoms with van der Waals surface area (Å²) < 4.78 is 12.2. The van der Waals surface area contributed by atoms with Crippen LogP contribution in [0.25, 0.3) is 22.8 Å². The van der Waals surface area contributed by atoms with Gasteiger partial charge >= 0.3 is 0 Å². The van der Waals surface area contributed by atoms with Crippen molar-refractivity contribution >= 4 is 0 Å². The third-order valence-corrected chi connectivity index (χ3v) is 4.44. The van der Waals surface area contributed by atoms with Crippen molar-refractivity contribution in [1.29, 1.82) is 0 Å². The molecule has 4 rings (SSSR count). The number of pyridine rings is 1. The fourth-order valence-electron chi connectivity index (χ4n) is 2.95. The van der Waals surface area contributed by atoms with Crippen molar-refractivity contribution in [1.82, 2.24) is 14.7 Å². The summed E-state index contributed by atoms with van der Waals surface area (Å²) in [7, 11) is 1.62. The highest BCUT2D eigenvalue weighted by molar-refractivity contribution is 5.59. The third kappa shape index (κ3) is 3.71. The van der Waals surface area contributed by atoms with Crippen molar-refractivity contribution in [2.45, 2.75) is 13.5 Å². The highest BCUT2D eigenvalue weighted by atomic mass is 16.5. The van der Waals surface area contributed by atoms with E-state index in [-0.39, 0.29) is 5.56 Å². The molecule has 0 atom stereocenters. The molecular weight excluding hydrogens is 354 g/mol. The first-order chi connectivity index (χ1) is 13.6. The molecule has 6 heteroatoms. The van der Waals surface area contributed by atoms with E-state index in [0.717, 1.165) is 22.4 Å². The van der Waals surface area contributed by atoms with Crippen molar-refractivity contribution in [3.63, 3.8) is 0 Å². The third-order valence-electron chi connectivity index (χ3n) is 4.44. The number of aromatic nitrogens is 3. The number of hydrogen-bond acceptors (Lipinski definition) is 5. The van der Waals surface area contributed by atoms with Gasteiger partial charge in [-0.15, -0.1) is 0 Å². The molecule has 0 saturated carbocycles. The van der Waals surface area contributed by atoms with E-state index in [1.807, 2.05) is 55.5 Å². The topological polar surface area (TPSA) is 70.2 Å². The van der Waals surface area contributed by atoms with E-state index in [2.05, 4.69) is 10.1 Å². The van der Waals surface area contributed by atoms with Gasteiger partial charge in [0.05, 0.1) is 19.2 Å². The summed E-state index contributed by atoms with van der Waals surface area (Å²) >= 11 is 0. The van der Waals surface area contributed by atoms with Crippen molar-refractivity contribution in [2.75, 3.05) is 7.11 Å². The molecule has 6 nitrogen and oxygen atoms in total. The van der Waals surface area contributed by atoms with Crippen LogP contribution < -0.4 is 10.3 Å². The van der Waals surface area contributed by atoms with E-state index >= 15 is 0 Å². The van der Waals surface area contributed by atoms with Crippen molar-refractivity contribution in [3.8, 4) is 28.6 Å². The van der Waals surface area contributed by atoms with E-state index in [1.54, 1.807) is 23.9 Å². The van der Waals surface area contributed by atoms with Crippen molar-refractivity contribution in [3.05, 3.63) is 88.3 Å². The van der Waals surface area contributed by atoms with Gasteiger partial charge in [-0.2, -0.15) is 4.98 Å². The standard InChI is InChI=1S/C22H19N3O3/c1-15-4-3-5-17(12-15)21-23-22(28-24-21)18-8-11-20(26)25(14-18)13-16-6-9-19(27-2)10-7-16/h3-12,14H,13H2,1-2H3. The molecule has 0 saturated heterocycles. The van der Waals surface area contributed by atoms with Gasteiger partial charge < -0.3 is 13.8 Å². The molecule has 140 valence electrons. The number of ether oxygens (including phenoxy) is 1. The molecule has 0 unspecified atom stereocenters. The van der Waals surface area contributed by atoms with E-state index in [9.17, 15) is 4.79 Å². The maximum Gasteiger partial charge on any atom is 0.259 e. The van der Waals surface area contributed by atoms with Gasteiger partial charge in [-0.05, 0) is 36.8 Å². The molecule has 0 aliphatic carbocycles. The molecule has 0 amide bonds. The highest BCUT2D eigenvalue weighted by Crippen LogP contribution is 2.22. The number of aryl methyl sites for hydroxylation is 1. The average molecular weight is 373 g/mol. The van der Waals surface area contributed by atoms with Crippen LogP contribution >= 0.6 is 0 Å². The lowest BCUT2D eigenvalue weighted by atomic mass is 10.1. The molecule has 2 heterocycles. The Bertz CT molecular complexity index is 1160. The van der Waals surface area contributed by atoms with Crippen LogP contribution in [-0.4, -0.2) is 21.8 Å². The molecule has 0 spiro atoms. The van der Waals surface area contributed by atoms with E-state index < -0.39 is 0 Å². The summed E-state index contributed by atoms with van der Waals surface area (Å²) in [5, 5.41) is 4.07. The fourth-order valence-corrected chi connectivity index (χ4v) is 2.95. The molecule has 0 bridgehead atoms. The minimum absolute atomic E-state index is 0.0991. The van der Waals surface area contributed by atoms with Crippen LogP contribution in [0.3, 0.4) is 0 Å². The average Bonchev–Trinajstić information content (AvgIpc) is 3.20. The van der Waals surface area contributed by atoms with Crippen LogP contribution in [0.5, 0.6) is 5.75 Å². The Hall–Kier alpha value is -3.67. The SMILES string of the molecule is COc1ccc(Cn2cc(-c3nc(-c4cccc(C)c4)no3)ccc2=O)cc1. The van der Waals surface area contributed by atoms with E-state index in [4.69, 9.17) is 9.26 Å². The number of hydrogen-bond donors (Lipinski definition) is 0. The van der Waals surface area contributed by atoms with Crippen LogP contribution in [0.15, 0.2) is 76.2 Å². The zero-order valence-corrected chi connectivity index (χ0v) is 15.6. The first-order valence-electron chi connectivity index (χ1n) is 8.87.